The molecule has 2 aromatic carbocycles. The van der Waals surface area contributed by atoms with Crippen molar-refractivity contribution in [2.45, 2.75) is 37.0 Å². The van der Waals surface area contributed by atoms with Crippen molar-refractivity contribution in [2.24, 2.45) is 5.92 Å². The molecular weight excluding hydrogens is 379 g/mol. The van der Waals surface area contributed by atoms with E-state index in [4.69, 9.17) is 0 Å². The predicted molar refractivity (Wildman–Crippen MR) is 105 cm³/mol. The molecule has 2 heterocycles. The minimum Gasteiger partial charge on any atom is -0.326 e. The lowest BCUT2D eigenvalue weighted by Gasteiger charge is -2.31. The molecule has 5 nitrogen and oxygen atoms in total. The fraction of sp³-hybridized carbons (Fsp3) is 0.381. The van der Waals surface area contributed by atoms with Crippen LogP contribution in [0.3, 0.4) is 0 Å². The molecule has 0 unspecified atom stereocenters. The molecule has 0 saturated carbocycles. The van der Waals surface area contributed by atoms with E-state index in [-0.39, 0.29) is 11.7 Å². The van der Waals surface area contributed by atoms with E-state index in [0.29, 0.717) is 42.4 Å². The number of halogens is 1. The van der Waals surface area contributed by atoms with Crippen molar-refractivity contribution in [3.63, 3.8) is 0 Å². The van der Waals surface area contributed by atoms with Crippen LogP contribution in [-0.2, 0) is 27.7 Å². The summed E-state index contributed by atoms with van der Waals surface area (Å²) in [6.07, 6.45) is 3.36. The van der Waals surface area contributed by atoms with E-state index in [1.54, 1.807) is 34.6 Å². The zero-order chi connectivity index (χ0) is 19.7. The summed E-state index contributed by atoms with van der Waals surface area (Å²) in [6.45, 7) is 0.976. The molecule has 148 valence electrons. The van der Waals surface area contributed by atoms with Gasteiger partial charge in [0.1, 0.15) is 5.82 Å². The fourth-order valence-electron chi connectivity index (χ4n) is 3.98. The van der Waals surface area contributed by atoms with Crippen LogP contribution < -0.4 is 5.32 Å². The first-order valence-corrected chi connectivity index (χ1v) is 11.0. The van der Waals surface area contributed by atoms with Gasteiger partial charge >= 0.3 is 0 Å². The molecule has 2 aromatic rings. The maximum Gasteiger partial charge on any atom is 0.243 e. The number of piperidine rings is 1. The molecule has 0 atom stereocenters. The third-order valence-corrected chi connectivity index (χ3v) is 7.52. The topological polar surface area (TPSA) is 66.5 Å². The van der Waals surface area contributed by atoms with E-state index in [2.05, 4.69) is 5.32 Å². The fourth-order valence-corrected chi connectivity index (χ4v) is 5.50. The first-order chi connectivity index (χ1) is 13.4. The highest BCUT2D eigenvalue weighted by atomic mass is 32.2. The Hall–Kier alpha value is -2.25. The third kappa shape index (κ3) is 3.95. The van der Waals surface area contributed by atoms with Gasteiger partial charge in [-0.2, -0.15) is 4.31 Å². The molecule has 0 aromatic heterocycles. The van der Waals surface area contributed by atoms with Crippen LogP contribution in [0.2, 0.25) is 0 Å². The Morgan fingerprint density at radius 2 is 1.75 bits per heavy atom. The number of carbonyl (C=O) groups excluding carboxylic acids is 1. The third-order valence-electron chi connectivity index (χ3n) is 5.62. The quantitative estimate of drug-likeness (QED) is 0.853. The number of aryl methyl sites for hydroxylation is 1. The summed E-state index contributed by atoms with van der Waals surface area (Å²) in [5, 5.41) is 2.78. The minimum atomic E-state index is -3.54. The van der Waals surface area contributed by atoms with Crippen molar-refractivity contribution in [1.29, 1.82) is 0 Å². The maximum absolute atomic E-state index is 13.0. The summed E-state index contributed by atoms with van der Waals surface area (Å²) in [7, 11) is -3.54. The van der Waals surface area contributed by atoms with E-state index in [1.807, 2.05) is 0 Å². The standard InChI is InChI=1S/C21H23FN2O3S/c22-18-4-1-15(2-5-18)13-16-9-11-24(12-10-16)28(26,27)19-6-7-20-17(14-19)3-8-21(25)23-20/h1-2,4-7,14,16H,3,8-13H2,(H,23,25). The van der Waals surface area contributed by atoms with E-state index >= 15 is 0 Å². The van der Waals surface area contributed by atoms with Gasteiger partial charge < -0.3 is 5.32 Å². The normalized spacial score (nSPS) is 18.5. The smallest absolute Gasteiger partial charge is 0.243 e. The Kier molecular flexibility index (Phi) is 5.21. The number of carbonyl (C=O) groups is 1. The Morgan fingerprint density at radius 1 is 1.04 bits per heavy atom. The van der Waals surface area contributed by atoms with Crippen LogP contribution in [-0.4, -0.2) is 31.7 Å². The van der Waals surface area contributed by atoms with Crippen LogP contribution in [0.4, 0.5) is 10.1 Å². The number of hydrogen-bond donors (Lipinski definition) is 1. The second kappa shape index (κ2) is 7.64. The molecule has 4 rings (SSSR count). The molecule has 1 saturated heterocycles. The maximum atomic E-state index is 13.0. The van der Waals surface area contributed by atoms with Crippen LogP contribution in [0.25, 0.3) is 0 Å². The van der Waals surface area contributed by atoms with Gasteiger partial charge in [-0.3, -0.25) is 4.79 Å². The molecule has 1 N–H and O–H groups in total. The molecule has 0 bridgehead atoms. The summed E-state index contributed by atoms with van der Waals surface area (Å²) in [4.78, 5) is 11.8. The Balaban J connectivity index is 1.42. The SMILES string of the molecule is O=C1CCc2cc(S(=O)(=O)N3CCC(Cc4ccc(F)cc4)CC3)ccc2N1. The van der Waals surface area contributed by atoms with Crippen molar-refractivity contribution < 1.29 is 17.6 Å². The zero-order valence-corrected chi connectivity index (χ0v) is 16.3. The molecule has 1 amide bonds. The highest BCUT2D eigenvalue weighted by Gasteiger charge is 2.30. The number of nitrogens with zero attached hydrogens (tertiary/aromatic N) is 1. The van der Waals surface area contributed by atoms with Crippen molar-refractivity contribution in [2.75, 3.05) is 18.4 Å². The summed E-state index contributed by atoms with van der Waals surface area (Å²) in [6, 6.07) is 11.5. The summed E-state index contributed by atoms with van der Waals surface area (Å²) in [5.74, 6) is 0.122. The zero-order valence-electron chi connectivity index (χ0n) is 15.5. The number of anilines is 1. The lowest BCUT2D eigenvalue weighted by atomic mass is 9.91. The van der Waals surface area contributed by atoms with E-state index in [0.717, 1.165) is 30.4 Å². The van der Waals surface area contributed by atoms with E-state index in [1.165, 1.54) is 12.1 Å². The number of amides is 1. The lowest BCUT2D eigenvalue weighted by Crippen LogP contribution is -2.39. The van der Waals surface area contributed by atoms with E-state index < -0.39 is 10.0 Å². The van der Waals surface area contributed by atoms with Crippen LogP contribution in [0.15, 0.2) is 47.4 Å². The van der Waals surface area contributed by atoms with Gasteiger partial charge in [-0.25, -0.2) is 12.8 Å². The monoisotopic (exact) mass is 402 g/mol. The Bertz CT molecular complexity index is 981. The van der Waals surface area contributed by atoms with Crippen molar-refractivity contribution in [3.8, 4) is 0 Å². The largest absolute Gasteiger partial charge is 0.326 e. The van der Waals surface area contributed by atoms with Gasteiger partial charge in [-0.15, -0.1) is 0 Å². The van der Waals surface area contributed by atoms with E-state index in [9.17, 15) is 17.6 Å². The second-order valence-electron chi connectivity index (χ2n) is 7.55. The van der Waals surface area contributed by atoms with Gasteiger partial charge in [-0.05, 0) is 73.1 Å². The second-order valence-corrected chi connectivity index (χ2v) is 9.48. The summed E-state index contributed by atoms with van der Waals surface area (Å²) in [5.41, 5.74) is 2.65. The van der Waals surface area contributed by atoms with Crippen LogP contribution >= 0.6 is 0 Å². The van der Waals surface area contributed by atoms with Gasteiger partial charge in [0.05, 0.1) is 4.90 Å². The minimum absolute atomic E-state index is 0.0358. The number of rotatable bonds is 4. The molecular formula is C21H23FN2O3S. The van der Waals surface area contributed by atoms with Crippen LogP contribution in [0.5, 0.6) is 0 Å². The molecule has 2 aliphatic heterocycles. The number of benzene rings is 2. The highest BCUT2D eigenvalue weighted by molar-refractivity contribution is 7.89. The highest BCUT2D eigenvalue weighted by Crippen LogP contribution is 2.30. The molecule has 28 heavy (non-hydrogen) atoms. The van der Waals surface area contributed by atoms with Gasteiger partial charge in [-0.1, -0.05) is 12.1 Å². The molecule has 7 heteroatoms. The van der Waals surface area contributed by atoms with Gasteiger partial charge in [0.25, 0.3) is 0 Å². The summed E-state index contributed by atoms with van der Waals surface area (Å²) < 4.78 is 40.7. The van der Waals surface area contributed by atoms with Crippen molar-refractivity contribution in [1.82, 2.24) is 4.31 Å². The van der Waals surface area contributed by atoms with Crippen molar-refractivity contribution >= 4 is 21.6 Å². The van der Waals surface area contributed by atoms with Crippen LogP contribution in [0, 0.1) is 11.7 Å². The van der Waals surface area contributed by atoms with Gasteiger partial charge in [0, 0.05) is 25.2 Å². The predicted octanol–water partition coefficient (Wildman–Crippen LogP) is 3.35. The van der Waals surface area contributed by atoms with Crippen molar-refractivity contribution in [3.05, 3.63) is 59.4 Å². The molecule has 2 aliphatic rings. The number of nitrogens with one attached hydrogen (secondary N) is 1. The number of sulfonamides is 1. The molecule has 0 aliphatic carbocycles. The Morgan fingerprint density at radius 3 is 2.46 bits per heavy atom. The average Bonchev–Trinajstić information content (AvgIpc) is 2.69. The first-order valence-electron chi connectivity index (χ1n) is 9.59. The summed E-state index contributed by atoms with van der Waals surface area (Å²) >= 11 is 0. The molecule has 1 fully saturated rings. The molecule has 0 spiro atoms. The Labute approximate surface area is 164 Å². The van der Waals surface area contributed by atoms with Gasteiger partial charge in [0.15, 0.2) is 0 Å². The van der Waals surface area contributed by atoms with Gasteiger partial charge in [0.2, 0.25) is 15.9 Å². The number of fused-ring (bicyclic) bond motifs is 1. The average molecular weight is 402 g/mol. The first kappa shape index (κ1) is 19.1. The lowest BCUT2D eigenvalue weighted by molar-refractivity contribution is -0.116. The number of hydrogen-bond acceptors (Lipinski definition) is 3. The van der Waals surface area contributed by atoms with Crippen LogP contribution in [0.1, 0.15) is 30.4 Å². The molecule has 0 radical (unpaired) electrons.